The second-order valence-corrected chi connectivity index (χ2v) is 6.59. The first-order valence-electron chi connectivity index (χ1n) is 6.99. The molecule has 0 spiro atoms. The number of amides is 1. The third-order valence-electron chi connectivity index (χ3n) is 2.73. The van der Waals surface area contributed by atoms with Crippen LogP contribution in [0.4, 0.5) is 0 Å². The van der Waals surface area contributed by atoms with Crippen molar-refractivity contribution in [1.82, 2.24) is 15.1 Å². The van der Waals surface area contributed by atoms with Gasteiger partial charge >= 0.3 is 0 Å². The van der Waals surface area contributed by atoms with Crippen molar-refractivity contribution in [2.24, 2.45) is 0 Å². The maximum atomic E-state index is 11.9. The van der Waals surface area contributed by atoms with Crippen LogP contribution >= 0.6 is 12.2 Å². The number of rotatable bonds is 5. The van der Waals surface area contributed by atoms with E-state index in [1.165, 1.54) is 0 Å². The van der Waals surface area contributed by atoms with Gasteiger partial charge in [0.2, 0.25) is 0 Å². The number of aromatic nitrogens is 2. The van der Waals surface area contributed by atoms with E-state index in [1.54, 1.807) is 23.1 Å². The summed E-state index contributed by atoms with van der Waals surface area (Å²) in [6, 6.07) is 3.50. The molecule has 22 heavy (non-hydrogen) atoms. The summed E-state index contributed by atoms with van der Waals surface area (Å²) in [5, 5.41) is 7.20. The standard InChI is InChI=1S/C14H20N4O3S/c1-14(2,3)15-11(19)8-17(4)9-18-13(22)21-12(16-18)10-6-5-7-20-10/h5-7H,8-9H2,1-4H3,(H,15,19)/p+1. The summed E-state index contributed by atoms with van der Waals surface area (Å²) in [7, 11) is 1.89. The fourth-order valence-electron chi connectivity index (χ4n) is 1.95. The quantitative estimate of drug-likeness (QED) is 0.797. The van der Waals surface area contributed by atoms with E-state index in [0.29, 0.717) is 24.9 Å². The second-order valence-electron chi connectivity index (χ2n) is 6.24. The predicted molar refractivity (Wildman–Crippen MR) is 82.7 cm³/mol. The van der Waals surface area contributed by atoms with Gasteiger partial charge in [0.25, 0.3) is 16.6 Å². The van der Waals surface area contributed by atoms with Crippen molar-refractivity contribution < 1.29 is 18.5 Å². The highest BCUT2D eigenvalue weighted by Crippen LogP contribution is 2.17. The van der Waals surface area contributed by atoms with Crippen molar-refractivity contribution in [2.45, 2.75) is 33.0 Å². The van der Waals surface area contributed by atoms with Crippen LogP contribution in [-0.4, -0.2) is 34.8 Å². The van der Waals surface area contributed by atoms with Crippen LogP contribution in [0, 0.1) is 4.84 Å². The van der Waals surface area contributed by atoms with Crippen LogP contribution in [0.1, 0.15) is 20.8 Å². The zero-order valence-electron chi connectivity index (χ0n) is 13.2. The van der Waals surface area contributed by atoms with Crippen molar-refractivity contribution in [2.75, 3.05) is 13.6 Å². The lowest BCUT2D eigenvalue weighted by atomic mass is 10.1. The first-order valence-corrected chi connectivity index (χ1v) is 7.39. The van der Waals surface area contributed by atoms with Gasteiger partial charge in [-0.15, -0.1) is 5.10 Å². The molecule has 0 saturated heterocycles. The van der Waals surface area contributed by atoms with Crippen LogP contribution in [-0.2, 0) is 11.5 Å². The van der Waals surface area contributed by atoms with Crippen molar-refractivity contribution in [3.05, 3.63) is 23.2 Å². The molecule has 2 rings (SSSR count). The molecule has 7 nitrogen and oxygen atoms in total. The Morgan fingerprint density at radius 3 is 2.82 bits per heavy atom. The smallest absolute Gasteiger partial charge is 0.292 e. The Balaban J connectivity index is 1.99. The van der Waals surface area contributed by atoms with Gasteiger partial charge in [0, 0.05) is 5.54 Å². The fourth-order valence-corrected chi connectivity index (χ4v) is 2.14. The second kappa shape index (κ2) is 6.45. The van der Waals surface area contributed by atoms with Crippen molar-refractivity contribution >= 4 is 18.1 Å². The Hall–Kier alpha value is -1.93. The lowest BCUT2D eigenvalue weighted by Gasteiger charge is -2.21. The van der Waals surface area contributed by atoms with Crippen molar-refractivity contribution in [1.29, 1.82) is 0 Å². The van der Waals surface area contributed by atoms with E-state index in [9.17, 15) is 4.79 Å². The molecule has 0 aliphatic carbocycles. The number of hydrogen-bond acceptors (Lipinski definition) is 5. The van der Waals surface area contributed by atoms with Crippen LogP contribution < -0.4 is 10.2 Å². The molecule has 2 N–H and O–H groups in total. The van der Waals surface area contributed by atoms with E-state index in [2.05, 4.69) is 10.4 Å². The first-order chi connectivity index (χ1) is 10.2. The van der Waals surface area contributed by atoms with Gasteiger partial charge in [-0.05, 0) is 45.1 Å². The molecule has 120 valence electrons. The summed E-state index contributed by atoms with van der Waals surface area (Å²) in [5.41, 5.74) is -0.242. The van der Waals surface area contributed by atoms with E-state index >= 15 is 0 Å². The minimum absolute atomic E-state index is 0.0220. The first kappa shape index (κ1) is 16.4. The Labute approximate surface area is 133 Å². The lowest BCUT2D eigenvalue weighted by molar-refractivity contribution is -0.895. The summed E-state index contributed by atoms with van der Waals surface area (Å²) in [5.74, 6) is 0.834. The average molecular weight is 325 g/mol. The van der Waals surface area contributed by atoms with Crippen LogP contribution in [0.3, 0.4) is 0 Å². The SMILES string of the molecule is C[NH+](CC(=O)NC(C)(C)C)Cn1nc(-c2ccco2)oc1=S. The number of nitrogens with one attached hydrogen (secondary N) is 2. The topological polar surface area (TPSA) is 77.6 Å². The molecule has 0 aliphatic heterocycles. The highest BCUT2D eigenvalue weighted by molar-refractivity contribution is 7.71. The van der Waals surface area contributed by atoms with Gasteiger partial charge in [0.05, 0.1) is 13.3 Å². The number of nitrogens with zero attached hydrogens (tertiary/aromatic N) is 2. The molecule has 0 aromatic carbocycles. The van der Waals surface area contributed by atoms with Gasteiger partial charge in [0.15, 0.2) is 19.0 Å². The monoisotopic (exact) mass is 325 g/mol. The maximum absolute atomic E-state index is 11.9. The molecule has 2 aromatic heterocycles. The number of carbonyl (C=O) groups is 1. The largest absolute Gasteiger partial charge is 0.459 e. The molecule has 8 heteroatoms. The summed E-state index contributed by atoms with van der Waals surface area (Å²) in [4.78, 5) is 13.1. The molecule has 1 unspecified atom stereocenters. The molecule has 0 radical (unpaired) electrons. The van der Waals surface area contributed by atoms with Gasteiger partial charge in [-0.1, -0.05) is 0 Å². The molecular formula is C14H21N4O3S+. The van der Waals surface area contributed by atoms with E-state index < -0.39 is 0 Å². The fraction of sp³-hybridized carbons (Fsp3) is 0.500. The Morgan fingerprint density at radius 1 is 1.50 bits per heavy atom. The van der Waals surface area contributed by atoms with E-state index in [0.717, 1.165) is 4.90 Å². The van der Waals surface area contributed by atoms with Crippen molar-refractivity contribution in [3.63, 3.8) is 0 Å². The van der Waals surface area contributed by atoms with Crippen LogP contribution in [0.25, 0.3) is 11.7 Å². The van der Waals surface area contributed by atoms with E-state index in [4.69, 9.17) is 21.1 Å². The van der Waals surface area contributed by atoms with Crippen LogP contribution in [0.15, 0.2) is 27.2 Å². The number of quaternary nitrogens is 1. The Kier molecular flexibility index (Phi) is 4.82. The van der Waals surface area contributed by atoms with Gasteiger partial charge in [-0.2, -0.15) is 4.68 Å². The molecule has 1 amide bonds. The van der Waals surface area contributed by atoms with Gasteiger partial charge in [-0.25, -0.2) is 0 Å². The number of carbonyl (C=O) groups excluding carboxylic acids is 1. The summed E-state index contributed by atoms with van der Waals surface area (Å²) in [6.45, 7) is 6.60. The highest BCUT2D eigenvalue weighted by atomic mass is 32.1. The molecule has 0 fully saturated rings. The van der Waals surface area contributed by atoms with Gasteiger partial charge < -0.3 is 19.1 Å². The molecule has 0 bridgehead atoms. The molecule has 0 saturated carbocycles. The maximum Gasteiger partial charge on any atom is 0.292 e. The third-order valence-corrected chi connectivity index (χ3v) is 3.03. The summed E-state index contributed by atoms with van der Waals surface area (Å²) >= 11 is 5.14. The minimum atomic E-state index is -0.242. The zero-order valence-corrected chi connectivity index (χ0v) is 14.0. The van der Waals surface area contributed by atoms with Crippen LogP contribution in [0.2, 0.25) is 0 Å². The molecule has 1 atom stereocenters. The Morgan fingerprint density at radius 2 is 2.23 bits per heavy atom. The molecule has 2 aromatic rings. The van der Waals surface area contributed by atoms with E-state index in [-0.39, 0.29) is 16.3 Å². The van der Waals surface area contributed by atoms with Crippen LogP contribution in [0.5, 0.6) is 0 Å². The average Bonchev–Trinajstić information content (AvgIpc) is 2.96. The normalized spacial score (nSPS) is 13.1. The van der Waals surface area contributed by atoms with Crippen molar-refractivity contribution in [3.8, 4) is 11.7 Å². The molecule has 2 heterocycles. The predicted octanol–water partition coefficient (Wildman–Crippen LogP) is 0.852. The summed E-state index contributed by atoms with van der Waals surface area (Å²) in [6.07, 6.45) is 1.54. The Bertz CT molecular complexity index is 682. The molecule has 0 aliphatic rings. The summed E-state index contributed by atoms with van der Waals surface area (Å²) < 4.78 is 12.2. The molecular weight excluding hydrogens is 304 g/mol. The number of likely N-dealkylation sites (N-methyl/N-ethyl adjacent to an activating group) is 1. The number of hydrogen-bond donors (Lipinski definition) is 2. The van der Waals surface area contributed by atoms with Gasteiger partial charge in [0.1, 0.15) is 0 Å². The highest BCUT2D eigenvalue weighted by Gasteiger charge is 2.18. The lowest BCUT2D eigenvalue weighted by Crippen LogP contribution is -3.09. The third kappa shape index (κ3) is 4.54. The number of furan rings is 1. The minimum Gasteiger partial charge on any atom is -0.459 e. The zero-order chi connectivity index (χ0) is 16.3. The van der Waals surface area contributed by atoms with E-state index in [1.807, 2.05) is 27.8 Å². The van der Waals surface area contributed by atoms with Gasteiger partial charge in [-0.3, -0.25) is 4.79 Å².